The Morgan fingerprint density at radius 2 is 1.91 bits per heavy atom. The molecule has 0 spiro atoms. The van der Waals surface area contributed by atoms with Crippen LogP contribution in [0.15, 0.2) is 12.1 Å². The van der Waals surface area contributed by atoms with E-state index in [0.717, 1.165) is 5.75 Å². The molecule has 0 aromatic heterocycles. The van der Waals surface area contributed by atoms with Crippen LogP contribution in [0.4, 0.5) is 0 Å². The molecule has 0 atom stereocenters. The number of aryl methyl sites for hydroxylation is 1. The van der Waals surface area contributed by atoms with Gasteiger partial charge in [-0.15, -0.1) is 0 Å². The fourth-order valence-electron chi connectivity index (χ4n) is 2.12. The van der Waals surface area contributed by atoms with E-state index in [0.29, 0.717) is 36.1 Å². The molecule has 130 valence electrons. The summed E-state index contributed by atoms with van der Waals surface area (Å²) < 4.78 is 5.30. The Hall–Kier alpha value is -1.18. The summed E-state index contributed by atoms with van der Waals surface area (Å²) in [5.41, 5.74) is 1.57. The van der Waals surface area contributed by atoms with Crippen LogP contribution in [0.25, 0.3) is 0 Å². The molecule has 0 saturated carbocycles. The summed E-state index contributed by atoms with van der Waals surface area (Å²) in [5, 5.41) is 27.9. The summed E-state index contributed by atoms with van der Waals surface area (Å²) in [6.07, 6.45) is 7.80. The third kappa shape index (κ3) is 6.85. The number of phenols is 1. The molecule has 3 N–H and O–H groups in total. The first-order valence-corrected chi connectivity index (χ1v) is 10.6. The Morgan fingerprint density at radius 3 is 2.48 bits per heavy atom. The summed E-state index contributed by atoms with van der Waals surface area (Å²) in [6.45, 7) is 2.07. The van der Waals surface area contributed by atoms with Crippen molar-refractivity contribution in [3.8, 4) is 5.75 Å². The van der Waals surface area contributed by atoms with Crippen molar-refractivity contribution < 1.29 is 24.7 Å². The monoisotopic (exact) mass is 342 g/mol. The van der Waals surface area contributed by atoms with Gasteiger partial charge in [-0.3, -0.25) is 0 Å². The molecule has 23 heavy (non-hydrogen) atoms. The Labute approximate surface area is 140 Å². The van der Waals surface area contributed by atoms with E-state index in [2.05, 4.69) is 18.8 Å². The van der Waals surface area contributed by atoms with Crippen LogP contribution in [0.5, 0.6) is 5.75 Å². The number of hydrogen-bond acceptors (Lipinski definition) is 5. The van der Waals surface area contributed by atoms with E-state index < -0.39 is 23.1 Å². The summed E-state index contributed by atoms with van der Waals surface area (Å²) in [6, 6.07) is 3.35. The second kappa shape index (κ2) is 8.61. The van der Waals surface area contributed by atoms with Gasteiger partial charge in [0.1, 0.15) is 5.75 Å². The molecule has 0 heterocycles. The Balaban J connectivity index is 2.70. The van der Waals surface area contributed by atoms with Gasteiger partial charge in [0.15, 0.2) is 0 Å². The highest BCUT2D eigenvalue weighted by atomic mass is 32.3. The van der Waals surface area contributed by atoms with Gasteiger partial charge in [-0.2, -0.15) is 0 Å². The number of hydrogen-bond donors (Lipinski definition) is 3. The molecule has 0 aliphatic carbocycles. The zero-order chi connectivity index (χ0) is 17.6. The molecule has 1 rings (SSSR count). The van der Waals surface area contributed by atoms with E-state index in [-0.39, 0.29) is 12.1 Å². The fourth-order valence-corrected chi connectivity index (χ4v) is 2.70. The van der Waals surface area contributed by atoms with Crippen molar-refractivity contribution in [2.75, 3.05) is 31.1 Å². The van der Waals surface area contributed by atoms with Crippen LogP contribution in [0, 0.1) is 6.92 Å². The van der Waals surface area contributed by atoms with Crippen molar-refractivity contribution in [2.24, 2.45) is 0 Å². The van der Waals surface area contributed by atoms with Gasteiger partial charge in [0.05, 0.1) is 12.2 Å². The van der Waals surface area contributed by atoms with Crippen LogP contribution in [0.2, 0.25) is 6.32 Å². The number of carbonyl (C=O) groups is 1. The first-order valence-electron chi connectivity index (χ1n) is 7.62. The molecule has 0 saturated heterocycles. The van der Waals surface area contributed by atoms with Crippen LogP contribution in [-0.2, 0) is 11.2 Å². The van der Waals surface area contributed by atoms with Crippen LogP contribution < -0.4 is 0 Å². The molecule has 0 bridgehead atoms. The van der Waals surface area contributed by atoms with Crippen molar-refractivity contribution in [3.63, 3.8) is 0 Å². The Morgan fingerprint density at radius 1 is 1.26 bits per heavy atom. The first kappa shape index (κ1) is 19.9. The number of ether oxygens (including phenoxy) is 1. The van der Waals surface area contributed by atoms with Crippen molar-refractivity contribution in [1.82, 2.24) is 0 Å². The highest BCUT2D eigenvalue weighted by Gasteiger charge is 2.17. The van der Waals surface area contributed by atoms with Crippen molar-refractivity contribution >= 4 is 23.1 Å². The number of carbonyl (C=O) groups excluding carboxylic acids is 1. The fraction of sp³-hybridized carbons (Fsp3) is 0.562. The second-order valence-electron chi connectivity index (χ2n) is 6.55. The van der Waals surface area contributed by atoms with Gasteiger partial charge in [-0.1, -0.05) is 12.5 Å². The van der Waals surface area contributed by atoms with E-state index >= 15 is 0 Å². The lowest BCUT2D eigenvalue weighted by Gasteiger charge is -2.24. The molecule has 0 aliphatic rings. The molecule has 0 aliphatic heterocycles. The van der Waals surface area contributed by atoms with E-state index in [4.69, 9.17) is 14.8 Å². The van der Waals surface area contributed by atoms with Gasteiger partial charge in [-0.05, 0) is 50.1 Å². The molecule has 0 radical (unpaired) electrons. The standard InChI is InChI=1S/C16H27BO5S/c1-12-14(16(19)22-10-11-23(2,3)4)8-7-13(15(12)18)6-5-9-17(20)21/h7-8,18,20-21H,5-6,9-11H2,1-4H3. The maximum absolute atomic E-state index is 12.1. The minimum atomic E-state index is -1.34. The van der Waals surface area contributed by atoms with Crippen molar-refractivity contribution in [2.45, 2.75) is 26.1 Å². The number of benzene rings is 1. The average Bonchev–Trinajstić information content (AvgIpc) is 2.41. The summed E-state index contributed by atoms with van der Waals surface area (Å²) in [7, 11) is -2.05. The third-order valence-electron chi connectivity index (χ3n) is 3.57. The van der Waals surface area contributed by atoms with Crippen molar-refractivity contribution in [1.29, 1.82) is 0 Å². The zero-order valence-corrected chi connectivity index (χ0v) is 15.2. The predicted molar refractivity (Wildman–Crippen MR) is 96.7 cm³/mol. The minimum Gasteiger partial charge on any atom is -0.507 e. The topological polar surface area (TPSA) is 87.0 Å². The molecular weight excluding hydrogens is 315 g/mol. The Bertz CT molecular complexity index is 540. The highest BCUT2D eigenvalue weighted by Crippen LogP contribution is 2.34. The first-order chi connectivity index (χ1) is 10.6. The molecule has 0 amide bonds. The van der Waals surface area contributed by atoms with Crippen LogP contribution in [-0.4, -0.2) is 59.4 Å². The van der Waals surface area contributed by atoms with Crippen molar-refractivity contribution in [3.05, 3.63) is 28.8 Å². The lowest BCUT2D eigenvalue weighted by Crippen LogP contribution is -2.13. The zero-order valence-electron chi connectivity index (χ0n) is 14.3. The summed E-state index contributed by atoms with van der Waals surface area (Å²) in [5.74, 6) is 0.512. The van der Waals surface area contributed by atoms with Gasteiger partial charge in [-0.25, -0.2) is 14.8 Å². The van der Waals surface area contributed by atoms with Crippen LogP contribution in [0.3, 0.4) is 0 Å². The van der Waals surface area contributed by atoms with Crippen LogP contribution in [0.1, 0.15) is 27.9 Å². The van der Waals surface area contributed by atoms with Gasteiger partial charge in [0.2, 0.25) is 0 Å². The van der Waals surface area contributed by atoms with Gasteiger partial charge < -0.3 is 19.9 Å². The third-order valence-corrected chi connectivity index (χ3v) is 4.96. The number of aromatic hydroxyl groups is 1. The molecule has 5 nitrogen and oxygen atoms in total. The maximum atomic E-state index is 12.1. The molecule has 0 unspecified atom stereocenters. The quantitative estimate of drug-likeness (QED) is 0.497. The molecule has 0 fully saturated rings. The normalized spacial score (nSPS) is 12.1. The minimum absolute atomic E-state index is 0.0772. The number of rotatable bonds is 8. The SMILES string of the molecule is Cc1c(C(=O)OCCS(C)(C)C)ccc(CCCB(O)O)c1O. The van der Waals surface area contributed by atoms with E-state index in [1.807, 2.05) is 0 Å². The van der Waals surface area contributed by atoms with Gasteiger partial charge in [0.25, 0.3) is 0 Å². The molecule has 1 aromatic carbocycles. The number of phenolic OH excluding ortho intramolecular Hbond substituents is 1. The average molecular weight is 342 g/mol. The Kier molecular flexibility index (Phi) is 7.44. The number of esters is 1. The largest absolute Gasteiger partial charge is 0.507 e. The maximum Gasteiger partial charge on any atom is 0.451 e. The summed E-state index contributed by atoms with van der Waals surface area (Å²) in [4.78, 5) is 12.1. The second-order valence-corrected chi connectivity index (χ2v) is 11.1. The van der Waals surface area contributed by atoms with Crippen LogP contribution >= 0.6 is 10.0 Å². The van der Waals surface area contributed by atoms with E-state index in [1.54, 1.807) is 19.1 Å². The molecular formula is C16H27BO5S. The molecule has 7 heteroatoms. The van der Waals surface area contributed by atoms with E-state index in [1.165, 1.54) is 0 Å². The lowest BCUT2D eigenvalue weighted by atomic mass is 9.83. The van der Waals surface area contributed by atoms with Gasteiger partial charge >= 0.3 is 13.1 Å². The molecule has 1 aromatic rings. The van der Waals surface area contributed by atoms with Gasteiger partial charge in [0, 0.05) is 11.3 Å². The smallest absolute Gasteiger partial charge is 0.451 e. The summed E-state index contributed by atoms with van der Waals surface area (Å²) >= 11 is 0. The van der Waals surface area contributed by atoms with E-state index in [9.17, 15) is 9.90 Å². The highest BCUT2D eigenvalue weighted by molar-refractivity contribution is 8.32. The predicted octanol–water partition coefficient (Wildman–Crippen LogP) is 1.96. The lowest BCUT2D eigenvalue weighted by molar-refractivity contribution is 0.0528.